The standard InChI is InChI=1S/C21H24N2O3/c24-14-6-12-22-11-5-13-23-21(25)26-15-20-18-9-3-1-7-16(18)17-8-2-4-10-19(17)20/h1-4,7-10,14,20,22H,5-6,11-13,15H2,(H,23,25). The molecule has 136 valence electrons. The summed E-state index contributed by atoms with van der Waals surface area (Å²) in [4.78, 5) is 22.2. The van der Waals surface area contributed by atoms with E-state index in [1.807, 2.05) is 24.3 Å². The van der Waals surface area contributed by atoms with Crippen LogP contribution in [-0.2, 0) is 9.53 Å². The molecule has 0 heterocycles. The molecule has 3 rings (SSSR count). The lowest BCUT2D eigenvalue weighted by molar-refractivity contribution is -0.107. The third-order valence-electron chi connectivity index (χ3n) is 4.58. The molecule has 0 aromatic heterocycles. The number of hydrogen-bond donors (Lipinski definition) is 2. The van der Waals surface area contributed by atoms with Crippen molar-refractivity contribution in [2.75, 3.05) is 26.2 Å². The number of fused-ring (bicyclic) bond motifs is 3. The van der Waals surface area contributed by atoms with Gasteiger partial charge in [0.15, 0.2) is 0 Å². The molecule has 2 aromatic carbocycles. The third-order valence-corrected chi connectivity index (χ3v) is 4.58. The Morgan fingerprint density at radius 2 is 1.62 bits per heavy atom. The molecule has 5 heteroatoms. The van der Waals surface area contributed by atoms with E-state index in [0.29, 0.717) is 26.1 Å². The topological polar surface area (TPSA) is 67.4 Å². The van der Waals surface area contributed by atoms with Crippen molar-refractivity contribution in [2.45, 2.75) is 18.8 Å². The Balaban J connectivity index is 1.47. The van der Waals surface area contributed by atoms with Crippen LogP contribution in [0.1, 0.15) is 29.9 Å². The Kier molecular flexibility index (Phi) is 6.39. The normalized spacial score (nSPS) is 12.3. The highest BCUT2D eigenvalue weighted by atomic mass is 16.5. The fourth-order valence-corrected chi connectivity index (χ4v) is 3.34. The predicted octanol–water partition coefficient (Wildman–Crippen LogP) is 3.09. The zero-order valence-electron chi connectivity index (χ0n) is 14.7. The average Bonchev–Trinajstić information content (AvgIpc) is 3.00. The lowest BCUT2D eigenvalue weighted by Crippen LogP contribution is -2.29. The lowest BCUT2D eigenvalue weighted by Gasteiger charge is -2.14. The summed E-state index contributed by atoms with van der Waals surface area (Å²) >= 11 is 0. The van der Waals surface area contributed by atoms with Crippen LogP contribution >= 0.6 is 0 Å². The molecule has 2 aromatic rings. The molecule has 1 amide bonds. The van der Waals surface area contributed by atoms with E-state index < -0.39 is 0 Å². The van der Waals surface area contributed by atoms with Gasteiger partial charge >= 0.3 is 6.09 Å². The number of carbonyl (C=O) groups is 2. The van der Waals surface area contributed by atoms with Crippen LogP contribution in [0, 0.1) is 0 Å². The Morgan fingerprint density at radius 1 is 0.962 bits per heavy atom. The molecule has 0 unspecified atom stereocenters. The minimum Gasteiger partial charge on any atom is -0.449 e. The van der Waals surface area contributed by atoms with Gasteiger partial charge in [-0.3, -0.25) is 0 Å². The highest BCUT2D eigenvalue weighted by Gasteiger charge is 2.28. The fraction of sp³-hybridized carbons (Fsp3) is 0.333. The average molecular weight is 352 g/mol. The number of aldehydes is 1. The summed E-state index contributed by atoms with van der Waals surface area (Å²) in [7, 11) is 0. The molecule has 0 saturated carbocycles. The number of ether oxygens (including phenoxy) is 1. The van der Waals surface area contributed by atoms with Gasteiger partial charge < -0.3 is 20.2 Å². The van der Waals surface area contributed by atoms with Crippen molar-refractivity contribution in [1.29, 1.82) is 0 Å². The summed E-state index contributed by atoms with van der Waals surface area (Å²) < 4.78 is 5.47. The first kappa shape index (κ1) is 18.1. The van der Waals surface area contributed by atoms with E-state index in [1.165, 1.54) is 22.3 Å². The molecule has 26 heavy (non-hydrogen) atoms. The number of rotatable bonds is 9. The number of nitrogens with one attached hydrogen (secondary N) is 2. The van der Waals surface area contributed by atoms with E-state index in [9.17, 15) is 9.59 Å². The van der Waals surface area contributed by atoms with Gasteiger partial charge in [-0.25, -0.2) is 4.79 Å². The second kappa shape index (κ2) is 9.15. The Bertz CT molecular complexity index is 715. The highest BCUT2D eigenvalue weighted by molar-refractivity contribution is 5.79. The molecule has 0 saturated heterocycles. The van der Waals surface area contributed by atoms with Crippen molar-refractivity contribution in [3.8, 4) is 11.1 Å². The van der Waals surface area contributed by atoms with Crippen molar-refractivity contribution in [3.63, 3.8) is 0 Å². The van der Waals surface area contributed by atoms with E-state index in [-0.39, 0.29) is 12.0 Å². The molecule has 0 radical (unpaired) electrons. The van der Waals surface area contributed by atoms with Gasteiger partial charge in [0.1, 0.15) is 12.9 Å². The van der Waals surface area contributed by atoms with Crippen LogP contribution in [0.2, 0.25) is 0 Å². The van der Waals surface area contributed by atoms with Crippen molar-refractivity contribution < 1.29 is 14.3 Å². The maximum absolute atomic E-state index is 12.0. The van der Waals surface area contributed by atoms with Crippen LogP contribution in [0.5, 0.6) is 0 Å². The predicted molar refractivity (Wildman–Crippen MR) is 101 cm³/mol. The molecule has 0 bridgehead atoms. The summed E-state index contributed by atoms with van der Waals surface area (Å²) in [6.07, 6.45) is 1.81. The monoisotopic (exact) mass is 352 g/mol. The molecule has 0 spiro atoms. The molecule has 0 atom stereocenters. The number of hydrogen-bond acceptors (Lipinski definition) is 4. The van der Waals surface area contributed by atoms with Crippen molar-refractivity contribution in [2.24, 2.45) is 0 Å². The molecule has 2 N–H and O–H groups in total. The van der Waals surface area contributed by atoms with Crippen LogP contribution in [0.3, 0.4) is 0 Å². The molecule has 1 aliphatic carbocycles. The van der Waals surface area contributed by atoms with Crippen molar-refractivity contribution >= 4 is 12.4 Å². The van der Waals surface area contributed by atoms with Gasteiger partial charge in [0.05, 0.1) is 0 Å². The van der Waals surface area contributed by atoms with Gasteiger partial charge in [0.2, 0.25) is 0 Å². The van der Waals surface area contributed by atoms with Gasteiger partial charge in [0, 0.05) is 25.4 Å². The summed E-state index contributed by atoms with van der Waals surface area (Å²) in [6, 6.07) is 16.6. The summed E-state index contributed by atoms with van der Waals surface area (Å²) in [5.74, 6) is 0.0816. The quantitative estimate of drug-likeness (QED) is 0.538. The Labute approximate surface area is 153 Å². The van der Waals surface area contributed by atoms with Crippen LogP contribution < -0.4 is 10.6 Å². The van der Waals surface area contributed by atoms with Crippen LogP contribution in [-0.4, -0.2) is 38.6 Å². The highest BCUT2D eigenvalue weighted by Crippen LogP contribution is 2.44. The largest absolute Gasteiger partial charge is 0.449 e. The Hall–Kier alpha value is -2.66. The first-order valence-electron chi connectivity index (χ1n) is 9.04. The van der Waals surface area contributed by atoms with Crippen molar-refractivity contribution in [1.82, 2.24) is 10.6 Å². The zero-order chi connectivity index (χ0) is 18.2. The van der Waals surface area contributed by atoms with E-state index in [4.69, 9.17) is 4.74 Å². The molecule has 5 nitrogen and oxygen atoms in total. The summed E-state index contributed by atoms with van der Waals surface area (Å²) in [6.45, 7) is 2.31. The molecule has 0 fully saturated rings. The maximum atomic E-state index is 12.0. The molecule has 0 aliphatic heterocycles. The fourth-order valence-electron chi connectivity index (χ4n) is 3.34. The first-order chi connectivity index (χ1) is 12.8. The SMILES string of the molecule is O=CCCNCCCNC(=O)OCC1c2ccccc2-c2ccccc21. The van der Waals surface area contributed by atoms with E-state index >= 15 is 0 Å². The van der Waals surface area contributed by atoms with Gasteiger partial charge in [-0.15, -0.1) is 0 Å². The minimum absolute atomic E-state index is 0.0816. The molecular formula is C21H24N2O3. The van der Waals surface area contributed by atoms with Crippen molar-refractivity contribution in [3.05, 3.63) is 59.7 Å². The number of alkyl carbamates (subject to hydrolysis) is 1. The second-order valence-corrected chi connectivity index (χ2v) is 6.31. The maximum Gasteiger partial charge on any atom is 0.407 e. The number of benzene rings is 2. The van der Waals surface area contributed by atoms with Crippen LogP contribution in [0.4, 0.5) is 4.79 Å². The van der Waals surface area contributed by atoms with Gasteiger partial charge in [-0.05, 0) is 35.2 Å². The lowest BCUT2D eigenvalue weighted by atomic mass is 9.98. The van der Waals surface area contributed by atoms with E-state index in [1.54, 1.807) is 0 Å². The van der Waals surface area contributed by atoms with Gasteiger partial charge in [-0.2, -0.15) is 0 Å². The van der Waals surface area contributed by atoms with Gasteiger partial charge in [-0.1, -0.05) is 48.5 Å². The molecule has 1 aliphatic rings. The number of carbonyl (C=O) groups excluding carboxylic acids is 2. The second-order valence-electron chi connectivity index (χ2n) is 6.31. The van der Waals surface area contributed by atoms with E-state index in [2.05, 4.69) is 34.9 Å². The van der Waals surface area contributed by atoms with E-state index in [0.717, 1.165) is 19.3 Å². The summed E-state index contributed by atoms with van der Waals surface area (Å²) in [5, 5.41) is 5.91. The molecular weight excluding hydrogens is 328 g/mol. The number of amides is 1. The first-order valence-corrected chi connectivity index (χ1v) is 9.04. The zero-order valence-corrected chi connectivity index (χ0v) is 14.7. The van der Waals surface area contributed by atoms with Gasteiger partial charge in [0.25, 0.3) is 0 Å². The van der Waals surface area contributed by atoms with Crippen LogP contribution in [0.15, 0.2) is 48.5 Å². The Morgan fingerprint density at radius 3 is 2.27 bits per heavy atom. The van der Waals surface area contributed by atoms with Crippen LogP contribution in [0.25, 0.3) is 11.1 Å². The third kappa shape index (κ3) is 4.29. The smallest absolute Gasteiger partial charge is 0.407 e. The minimum atomic E-state index is -0.389. The summed E-state index contributed by atoms with van der Waals surface area (Å²) in [5.41, 5.74) is 4.86.